The molecule has 0 saturated heterocycles. The van der Waals surface area contributed by atoms with Crippen LogP contribution in [0.2, 0.25) is 0 Å². The van der Waals surface area contributed by atoms with Crippen molar-refractivity contribution in [2.75, 3.05) is 27.2 Å². The Balaban J connectivity index is 1.61. The van der Waals surface area contributed by atoms with Gasteiger partial charge in [-0.15, -0.1) is 0 Å². The summed E-state index contributed by atoms with van der Waals surface area (Å²) < 4.78 is 0. The van der Waals surface area contributed by atoms with E-state index in [1.165, 1.54) is 38.5 Å². The van der Waals surface area contributed by atoms with Gasteiger partial charge in [0.2, 0.25) is 0 Å². The highest BCUT2D eigenvalue weighted by Crippen LogP contribution is 2.60. The lowest BCUT2D eigenvalue weighted by Gasteiger charge is -2.56. The molecule has 0 aliphatic heterocycles. The Morgan fingerprint density at radius 3 is 2.10 bits per heavy atom. The summed E-state index contributed by atoms with van der Waals surface area (Å²) in [4.78, 5) is 15.2. The topological polar surface area (TPSA) is 32.3 Å². The predicted octanol–water partition coefficient (Wildman–Crippen LogP) is 2.31. The lowest BCUT2D eigenvalue weighted by molar-refractivity contribution is -0.145. The summed E-state index contributed by atoms with van der Waals surface area (Å²) in [6.45, 7) is 3.99. The fourth-order valence-electron chi connectivity index (χ4n) is 5.47. The monoisotopic (exact) mass is 278 g/mol. The van der Waals surface area contributed by atoms with Crippen molar-refractivity contribution in [3.63, 3.8) is 0 Å². The van der Waals surface area contributed by atoms with E-state index in [2.05, 4.69) is 31.2 Å². The van der Waals surface area contributed by atoms with Crippen molar-refractivity contribution < 1.29 is 4.79 Å². The van der Waals surface area contributed by atoms with Crippen molar-refractivity contribution >= 4 is 5.78 Å². The third-order valence-corrected chi connectivity index (χ3v) is 5.96. The summed E-state index contributed by atoms with van der Waals surface area (Å²) in [6.07, 6.45) is 7.81. The first kappa shape index (κ1) is 14.5. The zero-order valence-electron chi connectivity index (χ0n) is 13.3. The molecule has 3 heteroatoms. The van der Waals surface area contributed by atoms with Crippen molar-refractivity contribution in [3.05, 3.63) is 0 Å². The Hall–Kier alpha value is -0.410. The number of Topliss-reactive ketones (excluding diaryl/α,β-unsaturated/α-hetero) is 1. The molecule has 4 aliphatic rings. The molecule has 4 aliphatic carbocycles. The van der Waals surface area contributed by atoms with Gasteiger partial charge in [-0.3, -0.25) is 4.79 Å². The fraction of sp³-hybridized carbons (Fsp3) is 0.941. The van der Waals surface area contributed by atoms with E-state index in [4.69, 9.17) is 0 Å². The highest BCUT2D eigenvalue weighted by molar-refractivity contribution is 5.89. The predicted molar refractivity (Wildman–Crippen MR) is 81.6 cm³/mol. The first-order valence-corrected chi connectivity index (χ1v) is 8.41. The number of hydrogen-bond donors (Lipinski definition) is 1. The molecule has 0 aromatic heterocycles. The van der Waals surface area contributed by atoms with Gasteiger partial charge in [-0.1, -0.05) is 0 Å². The van der Waals surface area contributed by atoms with Crippen LogP contribution in [0, 0.1) is 23.2 Å². The fourth-order valence-corrected chi connectivity index (χ4v) is 5.47. The van der Waals surface area contributed by atoms with Crippen LogP contribution in [0.3, 0.4) is 0 Å². The summed E-state index contributed by atoms with van der Waals surface area (Å²) in [7, 11) is 4.15. The number of nitrogens with one attached hydrogen (secondary N) is 1. The number of carbonyl (C=O) groups is 1. The van der Waals surface area contributed by atoms with E-state index in [1.807, 2.05) is 0 Å². The van der Waals surface area contributed by atoms with Gasteiger partial charge < -0.3 is 10.2 Å². The molecule has 0 radical (unpaired) electrons. The van der Waals surface area contributed by atoms with E-state index in [1.54, 1.807) is 0 Å². The summed E-state index contributed by atoms with van der Waals surface area (Å²) in [6, 6.07) is 0.0335. The van der Waals surface area contributed by atoms with Crippen LogP contribution >= 0.6 is 0 Å². The van der Waals surface area contributed by atoms with E-state index >= 15 is 0 Å². The van der Waals surface area contributed by atoms with Crippen molar-refractivity contribution in [2.45, 2.75) is 51.5 Å². The quantitative estimate of drug-likeness (QED) is 0.809. The minimum absolute atomic E-state index is 0.0335. The van der Waals surface area contributed by atoms with Gasteiger partial charge in [0.15, 0.2) is 5.78 Å². The molecular weight excluding hydrogens is 248 g/mol. The SMILES string of the molecule is C[C@H](NCCN(C)C)C(=O)C12CC3CC(CC(C3)C1)C2. The van der Waals surface area contributed by atoms with E-state index in [-0.39, 0.29) is 11.5 Å². The van der Waals surface area contributed by atoms with Gasteiger partial charge in [0.1, 0.15) is 0 Å². The highest BCUT2D eigenvalue weighted by Gasteiger charge is 2.54. The Morgan fingerprint density at radius 1 is 1.15 bits per heavy atom. The highest BCUT2D eigenvalue weighted by atomic mass is 16.1. The average Bonchev–Trinajstić information content (AvgIpc) is 2.35. The molecule has 114 valence electrons. The minimum atomic E-state index is 0.0335. The number of rotatable bonds is 6. The standard InChI is InChI=1S/C17H30N2O/c1-12(18-4-5-19(2)3)16(20)17-9-13-6-14(10-17)8-15(7-13)11-17/h12-15,18H,4-11H2,1-3H3/t12-,13?,14?,15?,17?/m0/s1. The summed E-state index contributed by atoms with van der Waals surface area (Å²) in [5, 5.41) is 3.45. The Labute approximate surface area is 123 Å². The number of likely N-dealkylation sites (N-methyl/N-ethyl adjacent to an activating group) is 1. The van der Waals surface area contributed by atoms with Gasteiger partial charge in [-0.05, 0) is 77.3 Å². The van der Waals surface area contributed by atoms with Crippen LogP contribution in [0.25, 0.3) is 0 Å². The van der Waals surface area contributed by atoms with Gasteiger partial charge in [0, 0.05) is 18.5 Å². The molecule has 4 rings (SSSR count). The van der Waals surface area contributed by atoms with Crippen molar-refractivity contribution in [3.8, 4) is 0 Å². The van der Waals surface area contributed by atoms with E-state index in [9.17, 15) is 4.79 Å². The Kier molecular flexibility index (Phi) is 3.93. The molecule has 0 aromatic carbocycles. The van der Waals surface area contributed by atoms with Gasteiger partial charge in [-0.25, -0.2) is 0 Å². The lowest BCUT2D eigenvalue weighted by atomic mass is 9.48. The second kappa shape index (κ2) is 5.42. The van der Waals surface area contributed by atoms with Gasteiger partial charge in [-0.2, -0.15) is 0 Å². The molecule has 4 bridgehead atoms. The number of hydrogen-bond acceptors (Lipinski definition) is 3. The Morgan fingerprint density at radius 2 is 1.65 bits per heavy atom. The molecule has 4 fully saturated rings. The number of carbonyl (C=O) groups excluding carboxylic acids is 1. The van der Waals surface area contributed by atoms with E-state index in [0.29, 0.717) is 5.78 Å². The molecule has 1 N–H and O–H groups in total. The molecule has 0 heterocycles. The van der Waals surface area contributed by atoms with Crippen molar-refractivity contribution in [2.24, 2.45) is 23.2 Å². The van der Waals surface area contributed by atoms with Crippen molar-refractivity contribution in [1.29, 1.82) is 0 Å². The van der Waals surface area contributed by atoms with Gasteiger partial charge >= 0.3 is 0 Å². The molecule has 0 aromatic rings. The van der Waals surface area contributed by atoms with Gasteiger partial charge in [0.05, 0.1) is 6.04 Å². The second-order valence-electron chi connectivity index (χ2n) is 8.04. The molecule has 0 spiro atoms. The van der Waals surface area contributed by atoms with E-state index < -0.39 is 0 Å². The molecule has 0 unspecified atom stereocenters. The summed E-state index contributed by atoms with van der Waals surface area (Å²) in [5.41, 5.74) is 0.0548. The first-order valence-electron chi connectivity index (χ1n) is 8.41. The Bertz CT molecular complexity index is 342. The third-order valence-electron chi connectivity index (χ3n) is 5.96. The number of ketones is 1. The largest absolute Gasteiger partial charge is 0.308 e. The molecule has 4 saturated carbocycles. The van der Waals surface area contributed by atoms with Crippen LogP contribution in [0.4, 0.5) is 0 Å². The van der Waals surface area contributed by atoms with Crippen LogP contribution in [0.1, 0.15) is 45.4 Å². The molecule has 0 amide bonds. The zero-order valence-corrected chi connectivity index (χ0v) is 13.3. The van der Waals surface area contributed by atoms with Crippen LogP contribution in [0.15, 0.2) is 0 Å². The average molecular weight is 278 g/mol. The maximum Gasteiger partial charge on any atom is 0.155 e. The second-order valence-corrected chi connectivity index (χ2v) is 8.04. The maximum absolute atomic E-state index is 13.0. The molecule has 20 heavy (non-hydrogen) atoms. The zero-order chi connectivity index (χ0) is 14.3. The van der Waals surface area contributed by atoms with E-state index in [0.717, 1.165) is 30.8 Å². The molecular formula is C17H30N2O. The number of nitrogens with zero attached hydrogens (tertiary/aromatic N) is 1. The van der Waals surface area contributed by atoms with Crippen LogP contribution in [-0.2, 0) is 4.79 Å². The molecule has 1 atom stereocenters. The summed E-state index contributed by atoms with van der Waals surface area (Å²) >= 11 is 0. The smallest absolute Gasteiger partial charge is 0.155 e. The maximum atomic E-state index is 13.0. The van der Waals surface area contributed by atoms with Crippen LogP contribution in [0.5, 0.6) is 0 Å². The van der Waals surface area contributed by atoms with Gasteiger partial charge in [0.25, 0.3) is 0 Å². The van der Waals surface area contributed by atoms with Crippen LogP contribution < -0.4 is 5.32 Å². The van der Waals surface area contributed by atoms with Crippen molar-refractivity contribution in [1.82, 2.24) is 10.2 Å². The lowest BCUT2D eigenvalue weighted by Crippen LogP contribution is -2.54. The normalized spacial score (nSPS) is 40.3. The minimum Gasteiger partial charge on any atom is -0.308 e. The first-order chi connectivity index (χ1) is 9.48. The third kappa shape index (κ3) is 2.67. The summed E-state index contributed by atoms with van der Waals surface area (Å²) in [5.74, 6) is 3.10. The van der Waals surface area contributed by atoms with Crippen LogP contribution in [-0.4, -0.2) is 43.9 Å². The molecule has 3 nitrogen and oxygen atoms in total.